The van der Waals surface area contributed by atoms with Crippen molar-refractivity contribution in [3.8, 4) is 5.69 Å². The minimum atomic E-state index is -0.630. The summed E-state index contributed by atoms with van der Waals surface area (Å²) in [5, 5.41) is 11.3. The second-order valence-electron chi connectivity index (χ2n) is 8.36. The van der Waals surface area contributed by atoms with Gasteiger partial charge in [0.25, 0.3) is 0 Å². The van der Waals surface area contributed by atoms with Crippen LogP contribution in [0.4, 0.5) is 0 Å². The SMILES string of the molecule is CC(=O)NC(Cc1c[nH]c2ccccc12)C(=O)NCCc1ccc(-n2nc(C)cc2C)cc1. The third-order valence-corrected chi connectivity index (χ3v) is 5.70. The number of benzene rings is 2. The first-order valence-corrected chi connectivity index (χ1v) is 11.1. The van der Waals surface area contributed by atoms with Gasteiger partial charge < -0.3 is 15.6 Å². The molecule has 0 spiro atoms. The van der Waals surface area contributed by atoms with E-state index in [1.165, 1.54) is 6.92 Å². The van der Waals surface area contributed by atoms with Crippen LogP contribution in [0.15, 0.2) is 60.8 Å². The molecule has 0 saturated carbocycles. The number of hydrogen-bond donors (Lipinski definition) is 3. The van der Waals surface area contributed by atoms with E-state index in [-0.39, 0.29) is 11.8 Å². The molecular formula is C26H29N5O2. The highest BCUT2D eigenvalue weighted by Gasteiger charge is 2.21. The Bertz CT molecular complexity index is 1270. The Hall–Kier alpha value is -3.87. The van der Waals surface area contributed by atoms with Gasteiger partial charge in [-0.2, -0.15) is 5.10 Å². The molecule has 4 aromatic rings. The zero-order valence-corrected chi connectivity index (χ0v) is 19.2. The Balaban J connectivity index is 1.36. The van der Waals surface area contributed by atoms with Crippen molar-refractivity contribution in [3.05, 3.63) is 83.3 Å². The number of H-pyrrole nitrogens is 1. The lowest BCUT2D eigenvalue weighted by Crippen LogP contribution is -2.47. The lowest BCUT2D eigenvalue weighted by Gasteiger charge is -2.17. The van der Waals surface area contributed by atoms with Gasteiger partial charge in [-0.15, -0.1) is 0 Å². The number of nitrogens with one attached hydrogen (secondary N) is 3. The van der Waals surface area contributed by atoms with Gasteiger partial charge >= 0.3 is 0 Å². The topological polar surface area (TPSA) is 91.8 Å². The second kappa shape index (κ2) is 9.73. The Labute approximate surface area is 193 Å². The smallest absolute Gasteiger partial charge is 0.242 e. The van der Waals surface area contributed by atoms with Crippen molar-refractivity contribution in [1.29, 1.82) is 0 Å². The Morgan fingerprint density at radius 1 is 1.09 bits per heavy atom. The lowest BCUT2D eigenvalue weighted by atomic mass is 10.0. The minimum absolute atomic E-state index is 0.185. The molecule has 0 radical (unpaired) electrons. The van der Waals surface area contributed by atoms with Crippen molar-refractivity contribution >= 4 is 22.7 Å². The van der Waals surface area contributed by atoms with E-state index in [0.29, 0.717) is 19.4 Å². The van der Waals surface area contributed by atoms with Crippen LogP contribution < -0.4 is 10.6 Å². The van der Waals surface area contributed by atoms with Gasteiger partial charge in [-0.25, -0.2) is 4.68 Å². The maximum absolute atomic E-state index is 12.9. The number of amides is 2. The number of hydrogen-bond acceptors (Lipinski definition) is 3. The monoisotopic (exact) mass is 443 g/mol. The van der Waals surface area contributed by atoms with E-state index in [0.717, 1.165) is 39.1 Å². The third kappa shape index (κ3) is 5.31. The molecule has 2 heterocycles. The molecule has 0 aliphatic heterocycles. The van der Waals surface area contributed by atoms with Crippen molar-refractivity contribution in [2.75, 3.05) is 6.54 Å². The highest BCUT2D eigenvalue weighted by atomic mass is 16.2. The van der Waals surface area contributed by atoms with E-state index in [2.05, 4.69) is 32.8 Å². The summed E-state index contributed by atoms with van der Waals surface area (Å²) in [5.41, 5.74) is 6.22. The van der Waals surface area contributed by atoms with Gasteiger partial charge in [0, 0.05) is 42.7 Å². The molecule has 2 amide bonds. The van der Waals surface area contributed by atoms with Crippen molar-refractivity contribution in [1.82, 2.24) is 25.4 Å². The average Bonchev–Trinajstić information content (AvgIpc) is 3.35. The maximum atomic E-state index is 12.9. The van der Waals surface area contributed by atoms with Crippen LogP contribution in [0, 0.1) is 13.8 Å². The van der Waals surface area contributed by atoms with Crippen LogP contribution in [0.1, 0.15) is 29.4 Å². The number of para-hydroxylation sites is 1. The number of rotatable bonds is 8. The van der Waals surface area contributed by atoms with Crippen molar-refractivity contribution in [2.24, 2.45) is 0 Å². The molecule has 3 N–H and O–H groups in total. The zero-order valence-electron chi connectivity index (χ0n) is 19.2. The van der Waals surface area contributed by atoms with E-state index < -0.39 is 6.04 Å². The summed E-state index contributed by atoms with van der Waals surface area (Å²) in [5.74, 6) is -0.413. The maximum Gasteiger partial charge on any atom is 0.242 e. The summed E-state index contributed by atoms with van der Waals surface area (Å²) < 4.78 is 1.92. The van der Waals surface area contributed by atoms with Gasteiger partial charge in [0.05, 0.1) is 11.4 Å². The van der Waals surface area contributed by atoms with Gasteiger partial charge in [-0.1, -0.05) is 30.3 Å². The molecule has 0 fully saturated rings. The van der Waals surface area contributed by atoms with Gasteiger partial charge in [0.2, 0.25) is 11.8 Å². The average molecular weight is 444 g/mol. The first-order valence-electron chi connectivity index (χ1n) is 11.1. The Morgan fingerprint density at radius 3 is 2.55 bits per heavy atom. The van der Waals surface area contributed by atoms with Crippen molar-refractivity contribution in [2.45, 2.75) is 39.7 Å². The molecule has 2 aromatic carbocycles. The highest BCUT2D eigenvalue weighted by molar-refractivity contribution is 5.89. The largest absolute Gasteiger partial charge is 0.361 e. The molecule has 33 heavy (non-hydrogen) atoms. The van der Waals surface area contributed by atoms with Crippen LogP contribution in [-0.2, 0) is 22.4 Å². The zero-order chi connectivity index (χ0) is 23.4. The molecular weight excluding hydrogens is 414 g/mol. The molecule has 2 aromatic heterocycles. The molecule has 7 nitrogen and oxygen atoms in total. The summed E-state index contributed by atoms with van der Waals surface area (Å²) in [7, 11) is 0. The molecule has 0 aliphatic rings. The number of aromatic nitrogens is 3. The number of aromatic amines is 1. The molecule has 1 unspecified atom stereocenters. The summed E-state index contributed by atoms with van der Waals surface area (Å²) in [6, 6.07) is 17.5. The van der Waals surface area contributed by atoms with E-state index in [1.807, 2.05) is 67.2 Å². The fraction of sp³-hybridized carbons (Fsp3) is 0.269. The Morgan fingerprint density at radius 2 is 1.85 bits per heavy atom. The molecule has 1 atom stereocenters. The van der Waals surface area contributed by atoms with E-state index >= 15 is 0 Å². The minimum Gasteiger partial charge on any atom is -0.361 e. The van der Waals surface area contributed by atoms with Crippen LogP contribution in [0.3, 0.4) is 0 Å². The lowest BCUT2D eigenvalue weighted by molar-refractivity contribution is -0.128. The molecule has 7 heteroatoms. The van der Waals surface area contributed by atoms with Gasteiger partial charge in [-0.3, -0.25) is 9.59 Å². The van der Waals surface area contributed by atoms with Crippen molar-refractivity contribution < 1.29 is 9.59 Å². The summed E-state index contributed by atoms with van der Waals surface area (Å²) in [6.45, 7) is 5.93. The van der Waals surface area contributed by atoms with Crippen LogP contribution in [0.2, 0.25) is 0 Å². The van der Waals surface area contributed by atoms with Crippen molar-refractivity contribution in [3.63, 3.8) is 0 Å². The summed E-state index contributed by atoms with van der Waals surface area (Å²) in [4.78, 5) is 27.8. The quantitative estimate of drug-likeness (QED) is 0.390. The normalized spacial score (nSPS) is 12.0. The van der Waals surface area contributed by atoms with E-state index in [1.54, 1.807) is 0 Å². The third-order valence-electron chi connectivity index (χ3n) is 5.70. The predicted octanol–water partition coefficient (Wildman–Crippen LogP) is 3.38. The second-order valence-corrected chi connectivity index (χ2v) is 8.36. The fourth-order valence-corrected chi connectivity index (χ4v) is 4.12. The highest BCUT2D eigenvalue weighted by Crippen LogP contribution is 2.19. The molecule has 4 rings (SSSR count). The summed E-state index contributed by atoms with van der Waals surface area (Å²) >= 11 is 0. The number of carbonyl (C=O) groups is 2. The van der Waals surface area contributed by atoms with E-state index in [4.69, 9.17) is 0 Å². The van der Waals surface area contributed by atoms with Crippen LogP contribution in [-0.4, -0.2) is 39.2 Å². The fourth-order valence-electron chi connectivity index (χ4n) is 4.12. The predicted molar refractivity (Wildman–Crippen MR) is 129 cm³/mol. The summed E-state index contributed by atoms with van der Waals surface area (Å²) in [6.07, 6.45) is 3.02. The molecule has 0 bridgehead atoms. The number of aryl methyl sites for hydroxylation is 2. The molecule has 170 valence electrons. The number of nitrogens with zero attached hydrogens (tertiary/aromatic N) is 2. The van der Waals surface area contributed by atoms with Gasteiger partial charge in [0.1, 0.15) is 6.04 Å². The molecule has 0 aliphatic carbocycles. The number of carbonyl (C=O) groups excluding carboxylic acids is 2. The van der Waals surface area contributed by atoms with Crippen LogP contribution >= 0.6 is 0 Å². The first kappa shape index (κ1) is 22.3. The Kier molecular flexibility index (Phi) is 6.58. The van der Waals surface area contributed by atoms with Crippen LogP contribution in [0.5, 0.6) is 0 Å². The molecule has 0 saturated heterocycles. The van der Waals surface area contributed by atoms with E-state index in [9.17, 15) is 9.59 Å². The van der Waals surface area contributed by atoms with Gasteiger partial charge in [0.15, 0.2) is 0 Å². The standard InChI is InChI=1S/C26H29N5O2/c1-17-14-18(2)31(30-17)22-10-8-20(9-11-22)12-13-27-26(33)25(29-19(3)32)15-21-16-28-24-7-5-4-6-23(21)24/h4-11,14,16,25,28H,12-13,15H2,1-3H3,(H,27,33)(H,29,32). The van der Waals surface area contributed by atoms with Crippen LogP contribution in [0.25, 0.3) is 16.6 Å². The van der Waals surface area contributed by atoms with Gasteiger partial charge in [-0.05, 0) is 55.7 Å². The number of fused-ring (bicyclic) bond motifs is 1. The first-order chi connectivity index (χ1) is 15.9.